The number of hydrogen-bond donors (Lipinski definition) is 1. The van der Waals surface area contributed by atoms with Crippen LogP contribution in [-0.4, -0.2) is 22.3 Å². The Balaban J connectivity index is 2.20. The predicted molar refractivity (Wildman–Crippen MR) is 36.3 cm³/mol. The molecule has 1 heterocycles. The van der Waals surface area contributed by atoms with Gasteiger partial charge >= 0.3 is 6.18 Å². The molecule has 0 aliphatic heterocycles. The minimum absolute atomic E-state index is 0.125. The van der Waals surface area contributed by atoms with Gasteiger partial charge in [0.05, 0.1) is 19.5 Å². The van der Waals surface area contributed by atoms with Gasteiger partial charge in [0.1, 0.15) is 0 Å². The Morgan fingerprint density at radius 3 is 2.67 bits per heavy atom. The molecule has 3 nitrogen and oxygen atoms in total. The molecule has 0 aromatic carbocycles. The Hall–Kier alpha value is -1.04. The van der Waals surface area contributed by atoms with Crippen molar-refractivity contribution in [2.75, 3.05) is 6.54 Å². The van der Waals surface area contributed by atoms with Crippen molar-refractivity contribution in [2.45, 2.75) is 12.8 Å². The minimum atomic E-state index is -4.15. The smallest absolute Gasteiger partial charge is 0.324 e. The van der Waals surface area contributed by atoms with Crippen LogP contribution in [0.15, 0.2) is 18.7 Å². The molecule has 12 heavy (non-hydrogen) atoms. The van der Waals surface area contributed by atoms with E-state index in [0.717, 1.165) is 0 Å². The zero-order valence-electron chi connectivity index (χ0n) is 6.17. The van der Waals surface area contributed by atoms with Gasteiger partial charge in [-0.15, -0.1) is 0 Å². The lowest BCUT2D eigenvalue weighted by molar-refractivity contribution is -0.125. The summed E-state index contributed by atoms with van der Waals surface area (Å²) in [5.74, 6) is 0. The summed E-state index contributed by atoms with van der Waals surface area (Å²) in [5.41, 5.74) is 0. The van der Waals surface area contributed by atoms with Crippen LogP contribution in [0.5, 0.6) is 0 Å². The summed E-state index contributed by atoms with van der Waals surface area (Å²) >= 11 is 0. The summed E-state index contributed by atoms with van der Waals surface area (Å²) < 4.78 is 36.3. The molecule has 0 aliphatic rings. The number of rotatable bonds is 3. The van der Waals surface area contributed by atoms with E-state index in [-0.39, 0.29) is 6.67 Å². The van der Waals surface area contributed by atoms with E-state index >= 15 is 0 Å². The van der Waals surface area contributed by atoms with Crippen LogP contribution in [0.1, 0.15) is 0 Å². The normalized spacial score (nSPS) is 11.9. The van der Waals surface area contributed by atoms with Crippen molar-refractivity contribution < 1.29 is 13.2 Å². The van der Waals surface area contributed by atoms with Crippen LogP contribution in [0.4, 0.5) is 13.2 Å². The van der Waals surface area contributed by atoms with Crippen molar-refractivity contribution in [3.8, 4) is 0 Å². The molecule has 1 aromatic heterocycles. The van der Waals surface area contributed by atoms with Crippen molar-refractivity contribution in [3.63, 3.8) is 0 Å². The first-order valence-electron chi connectivity index (χ1n) is 3.31. The van der Waals surface area contributed by atoms with Crippen LogP contribution in [0.3, 0.4) is 0 Å². The predicted octanol–water partition coefficient (Wildman–Crippen LogP) is 0.992. The highest BCUT2D eigenvalue weighted by Gasteiger charge is 2.25. The molecule has 0 saturated carbocycles. The number of nitrogens with one attached hydrogen (secondary N) is 1. The molecule has 0 saturated heterocycles. The lowest BCUT2D eigenvalue weighted by Crippen LogP contribution is -2.29. The van der Waals surface area contributed by atoms with Gasteiger partial charge in [-0.3, -0.25) is 5.32 Å². The summed E-state index contributed by atoms with van der Waals surface area (Å²) in [7, 11) is 0. The second kappa shape index (κ2) is 3.57. The van der Waals surface area contributed by atoms with Crippen molar-refractivity contribution in [3.05, 3.63) is 18.7 Å². The number of alkyl halides is 3. The molecule has 1 rings (SSSR count). The second-order valence-electron chi connectivity index (χ2n) is 2.28. The zero-order chi connectivity index (χ0) is 9.03. The summed E-state index contributed by atoms with van der Waals surface area (Å²) in [5, 5.41) is 2.23. The Morgan fingerprint density at radius 2 is 2.17 bits per heavy atom. The van der Waals surface area contributed by atoms with E-state index in [9.17, 15) is 13.2 Å². The fourth-order valence-corrected chi connectivity index (χ4v) is 0.707. The van der Waals surface area contributed by atoms with Gasteiger partial charge < -0.3 is 4.57 Å². The molecule has 1 N–H and O–H groups in total. The van der Waals surface area contributed by atoms with Gasteiger partial charge in [0.2, 0.25) is 0 Å². The first-order valence-corrected chi connectivity index (χ1v) is 3.31. The quantitative estimate of drug-likeness (QED) is 0.749. The average Bonchev–Trinajstić information content (AvgIpc) is 2.36. The third-order valence-corrected chi connectivity index (χ3v) is 1.18. The van der Waals surface area contributed by atoms with Gasteiger partial charge in [0, 0.05) is 12.4 Å². The van der Waals surface area contributed by atoms with Crippen molar-refractivity contribution in [1.29, 1.82) is 0 Å². The largest absolute Gasteiger partial charge is 0.401 e. The monoisotopic (exact) mass is 179 g/mol. The van der Waals surface area contributed by atoms with Gasteiger partial charge in [-0.2, -0.15) is 13.2 Å². The van der Waals surface area contributed by atoms with Crippen LogP contribution < -0.4 is 5.32 Å². The fraction of sp³-hybridized carbons (Fsp3) is 0.500. The van der Waals surface area contributed by atoms with E-state index in [1.807, 2.05) is 0 Å². The highest BCUT2D eigenvalue weighted by atomic mass is 19.4. The summed E-state index contributed by atoms with van der Waals surface area (Å²) in [6, 6.07) is 0. The average molecular weight is 179 g/mol. The van der Waals surface area contributed by atoms with E-state index in [4.69, 9.17) is 0 Å². The molecule has 0 atom stereocenters. The summed E-state index contributed by atoms with van der Waals surface area (Å²) in [6.07, 6.45) is 0.391. The van der Waals surface area contributed by atoms with Gasteiger partial charge in [-0.25, -0.2) is 4.98 Å². The molecule has 0 aliphatic carbocycles. The maximum absolute atomic E-state index is 11.6. The van der Waals surface area contributed by atoms with Gasteiger partial charge in [-0.1, -0.05) is 0 Å². The molecule has 0 unspecified atom stereocenters. The molecule has 6 heteroatoms. The van der Waals surface area contributed by atoms with E-state index in [1.165, 1.54) is 17.1 Å². The number of aromatic nitrogens is 2. The standard InChI is InChI=1S/C6H8F3N3/c7-6(8,9)3-11-5-12-2-1-10-4-12/h1-2,4,11H,3,5H2. The second-order valence-corrected chi connectivity index (χ2v) is 2.28. The van der Waals surface area contributed by atoms with E-state index < -0.39 is 12.7 Å². The Kier molecular flexibility index (Phi) is 2.69. The lowest BCUT2D eigenvalue weighted by atomic mass is 10.6. The summed E-state index contributed by atoms with van der Waals surface area (Å²) in [4.78, 5) is 3.68. The van der Waals surface area contributed by atoms with Crippen LogP contribution in [0.2, 0.25) is 0 Å². The SMILES string of the molecule is FC(F)(F)CNCn1ccnc1. The summed E-state index contributed by atoms with van der Waals surface area (Å²) in [6.45, 7) is -0.856. The third kappa shape index (κ3) is 3.38. The van der Waals surface area contributed by atoms with E-state index in [1.54, 1.807) is 6.20 Å². The number of halogens is 3. The molecule has 1 aromatic rings. The number of hydrogen-bond acceptors (Lipinski definition) is 2. The van der Waals surface area contributed by atoms with Crippen molar-refractivity contribution in [2.24, 2.45) is 0 Å². The molecular weight excluding hydrogens is 171 g/mol. The van der Waals surface area contributed by atoms with Crippen LogP contribution in [0, 0.1) is 0 Å². The molecule has 0 spiro atoms. The number of imidazole rings is 1. The third-order valence-electron chi connectivity index (χ3n) is 1.18. The Morgan fingerprint density at radius 1 is 1.42 bits per heavy atom. The van der Waals surface area contributed by atoms with Gasteiger partial charge in [0.25, 0.3) is 0 Å². The molecular formula is C6H8F3N3. The number of nitrogens with zero attached hydrogens (tertiary/aromatic N) is 2. The van der Waals surface area contributed by atoms with Crippen LogP contribution in [0.25, 0.3) is 0 Å². The van der Waals surface area contributed by atoms with Crippen molar-refractivity contribution >= 4 is 0 Å². The van der Waals surface area contributed by atoms with Crippen LogP contribution in [-0.2, 0) is 6.67 Å². The Bertz CT molecular complexity index is 216. The topological polar surface area (TPSA) is 29.9 Å². The molecule has 0 fully saturated rings. The maximum Gasteiger partial charge on any atom is 0.401 e. The molecule has 0 bridgehead atoms. The van der Waals surface area contributed by atoms with E-state index in [2.05, 4.69) is 10.3 Å². The van der Waals surface area contributed by atoms with Gasteiger partial charge in [-0.05, 0) is 0 Å². The van der Waals surface area contributed by atoms with Crippen LogP contribution >= 0.6 is 0 Å². The molecule has 0 radical (unpaired) electrons. The molecule has 68 valence electrons. The zero-order valence-corrected chi connectivity index (χ0v) is 6.17. The van der Waals surface area contributed by atoms with Gasteiger partial charge in [0.15, 0.2) is 0 Å². The highest BCUT2D eigenvalue weighted by molar-refractivity contribution is 4.73. The Labute approximate surface area is 67.2 Å². The minimum Gasteiger partial charge on any atom is -0.324 e. The van der Waals surface area contributed by atoms with E-state index in [0.29, 0.717) is 0 Å². The maximum atomic E-state index is 11.6. The first kappa shape index (κ1) is 9.05. The highest BCUT2D eigenvalue weighted by Crippen LogP contribution is 2.11. The first-order chi connectivity index (χ1) is 5.58. The molecule has 0 amide bonds. The van der Waals surface area contributed by atoms with Crippen molar-refractivity contribution in [1.82, 2.24) is 14.9 Å². The lowest BCUT2D eigenvalue weighted by Gasteiger charge is -2.07. The fourth-order valence-electron chi connectivity index (χ4n) is 0.707.